The molecule has 7 nitrogen and oxygen atoms in total. The van der Waals surface area contributed by atoms with Crippen molar-refractivity contribution in [2.24, 2.45) is 0 Å². The molecule has 0 unspecified atom stereocenters. The van der Waals surface area contributed by atoms with Crippen molar-refractivity contribution in [1.29, 1.82) is 0 Å². The van der Waals surface area contributed by atoms with Crippen molar-refractivity contribution in [2.75, 3.05) is 11.2 Å². The SMILES string of the molecule is CC(C)(C)c1ccc(S(=O)(=O)CNc2ccc(Cl)cc2-c2nn[nH]n2)cc1. The van der Waals surface area contributed by atoms with Crippen molar-refractivity contribution in [2.45, 2.75) is 31.1 Å². The summed E-state index contributed by atoms with van der Waals surface area (Å²) in [5.41, 5.74) is 2.15. The topological polar surface area (TPSA) is 101 Å². The van der Waals surface area contributed by atoms with Crippen molar-refractivity contribution in [3.05, 3.63) is 53.1 Å². The van der Waals surface area contributed by atoms with E-state index in [0.29, 0.717) is 22.1 Å². The van der Waals surface area contributed by atoms with E-state index in [1.54, 1.807) is 30.3 Å². The Labute approximate surface area is 163 Å². The lowest BCUT2D eigenvalue weighted by molar-refractivity contribution is 0.586. The van der Waals surface area contributed by atoms with E-state index in [9.17, 15) is 8.42 Å². The van der Waals surface area contributed by atoms with Gasteiger partial charge in [0, 0.05) is 16.3 Å². The van der Waals surface area contributed by atoms with Gasteiger partial charge in [0.05, 0.1) is 4.90 Å². The van der Waals surface area contributed by atoms with Gasteiger partial charge in [-0.05, 0) is 46.5 Å². The van der Waals surface area contributed by atoms with Crippen molar-refractivity contribution in [3.8, 4) is 11.4 Å². The lowest BCUT2D eigenvalue weighted by atomic mass is 9.87. The number of anilines is 1. The number of aromatic nitrogens is 4. The number of halogens is 1. The van der Waals surface area contributed by atoms with Gasteiger partial charge < -0.3 is 5.32 Å². The van der Waals surface area contributed by atoms with Gasteiger partial charge in [0.15, 0.2) is 9.84 Å². The minimum absolute atomic E-state index is 0.0383. The van der Waals surface area contributed by atoms with E-state index >= 15 is 0 Å². The van der Waals surface area contributed by atoms with Gasteiger partial charge in [-0.3, -0.25) is 0 Å². The van der Waals surface area contributed by atoms with Gasteiger partial charge in [0.1, 0.15) is 5.88 Å². The quantitative estimate of drug-likeness (QED) is 0.671. The molecular formula is C18H20ClN5O2S. The highest BCUT2D eigenvalue weighted by Crippen LogP contribution is 2.29. The predicted molar refractivity (Wildman–Crippen MR) is 105 cm³/mol. The Morgan fingerprint density at radius 1 is 1.11 bits per heavy atom. The number of hydrogen-bond acceptors (Lipinski definition) is 6. The molecule has 3 aromatic rings. The monoisotopic (exact) mass is 405 g/mol. The van der Waals surface area contributed by atoms with Crippen LogP contribution < -0.4 is 5.32 Å². The highest BCUT2D eigenvalue weighted by atomic mass is 35.5. The summed E-state index contributed by atoms with van der Waals surface area (Å²) in [7, 11) is -3.52. The van der Waals surface area contributed by atoms with Crippen LogP contribution in [0, 0.1) is 0 Å². The molecule has 1 heterocycles. The van der Waals surface area contributed by atoms with Crippen LogP contribution in [0.1, 0.15) is 26.3 Å². The van der Waals surface area contributed by atoms with E-state index in [1.165, 1.54) is 0 Å². The van der Waals surface area contributed by atoms with Crippen molar-refractivity contribution < 1.29 is 8.42 Å². The molecule has 3 rings (SSSR count). The lowest BCUT2D eigenvalue weighted by Crippen LogP contribution is -2.16. The van der Waals surface area contributed by atoms with Gasteiger partial charge in [0.25, 0.3) is 0 Å². The van der Waals surface area contributed by atoms with Crippen LogP contribution in [0.15, 0.2) is 47.4 Å². The molecule has 0 aliphatic rings. The zero-order valence-corrected chi connectivity index (χ0v) is 16.8. The molecule has 0 bridgehead atoms. The first-order chi connectivity index (χ1) is 12.7. The maximum Gasteiger partial charge on any atom is 0.206 e. The van der Waals surface area contributed by atoms with Gasteiger partial charge in [0.2, 0.25) is 5.82 Å². The van der Waals surface area contributed by atoms with Crippen LogP contribution in [-0.2, 0) is 15.3 Å². The summed E-state index contributed by atoms with van der Waals surface area (Å²) in [5, 5.41) is 17.2. The molecule has 0 aliphatic heterocycles. The summed E-state index contributed by atoms with van der Waals surface area (Å²) in [6.07, 6.45) is 0. The molecule has 9 heteroatoms. The van der Waals surface area contributed by atoms with Crippen LogP contribution in [0.2, 0.25) is 5.02 Å². The Kier molecular flexibility index (Phi) is 5.21. The van der Waals surface area contributed by atoms with Crippen LogP contribution in [0.25, 0.3) is 11.4 Å². The van der Waals surface area contributed by atoms with E-state index in [2.05, 4.69) is 46.7 Å². The highest BCUT2D eigenvalue weighted by Gasteiger charge is 2.19. The zero-order valence-electron chi connectivity index (χ0n) is 15.2. The number of nitrogens with one attached hydrogen (secondary N) is 2. The van der Waals surface area contributed by atoms with E-state index in [-0.39, 0.29) is 16.2 Å². The van der Waals surface area contributed by atoms with Crippen molar-refractivity contribution >= 4 is 27.1 Å². The fraction of sp³-hybridized carbons (Fsp3) is 0.278. The summed E-state index contributed by atoms with van der Waals surface area (Å²) in [6, 6.07) is 12.0. The number of benzene rings is 2. The lowest BCUT2D eigenvalue weighted by Gasteiger charge is -2.19. The molecule has 27 heavy (non-hydrogen) atoms. The fourth-order valence-corrected chi connectivity index (χ4v) is 3.78. The summed E-state index contributed by atoms with van der Waals surface area (Å²) in [6.45, 7) is 6.24. The molecule has 0 atom stereocenters. The Hall–Kier alpha value is -2.45. The van der Waals surface area contributed by atoms with Gasteiger partial charge in [-0.25, -0.2) is 8.42 Å². The number of aromatic amines is 1. The molecule has 0 aliphatic carbocycles. The molecule has 0 spiro atoms. The first-order valence-corrected chi connectivity index (χ1v) is 10.3. The summed E-state index contributed by atoms with van der Waals surface area (Å²) in [4.78, 5) is 0.262. The summed E-state index contributed by atoms with van der Waals surface area (Å²) < 4.78 is 25.4. The average molecular weight is 406 g/mol. The third-order valence-electron chi connectivity index (χ3n) is 4.10. The van der Waals surface area contributed by atoms with Crippen molar-refractivity contribution in [1.82, 2.24) is 20.6 Å². The third-order valence-corrected chi connectivity index (χ3v) is 5.85. The standard InChI is InChI=1S/C18H20ClN5O2S/c1-18(2,3)12-4-7-14(8-5-12)27(25,26)11-20-16-9-6-13(19)10-15(16)17-21-23-24-22-17/h4-10,20H,11H2,1-3H3,(H,21,22,23,24). The van der Waals surface area contributed by atoms with Crippen LogP contribution in [-0.4, -0.2) is 34.9 Å². The Morgan fingerprint density at radius 3 is 2.41 bits per heavy atom. The summed E-state index contributed by atoms with van der Waals surface area (Å²) >= 11 is 6.04. The molecule has 0 radical (unpaired) electrons. The van der Waals surface area contributed by atoms with Gasteiger partial charge in [-0.15, -0.1) is 10.2 Å². The molecule has 1 aromatic heterocycles. The second-order valence-electron chi connectivity index (χ2n) is 7.14. The van der Waals surface area contributed by atoms with Gasteiger partial charge in [-0.1, -0.05) is 44.5 Å². The highest BCUT2D eigenvalue weighted by molar-refractivity contribution is 7.91. The number of hydrogen-bond donors (Lipinski definition) is 2. The summed E-state index contributed by atoms with van der Waals surface area (Å²) in [5.74, 6) is 0.0564. The third kappa shape index (κ3) is 4.45. The second kappa shape index (κ2) is 7.28. The molecule has 0 saturated carbocycles. The van der Waals surface area contributed by atoms with Crippen LogP contribution >= 0.6 is 11.6 Å². The number of sulfone groups is 1. The molecule has 0 fully saturated rings. The van der Waals surface area contributed by atoms with Crippen molar-refractivity contribution in [3.63, 3.8) is 0 Å². The van der Waals surface area contributed by atoms with E-state index in [0.717, 1.165) is 5.56 Å². The fourth-order valence-electron chi connectivity index (χ4n) is 2.55. The van der Waals surface area contributed by atoms with Crippen LogP contribution in [0.4, 0.5) is 5.69 Å². The first kappa shape index (κ1) is 19.3. The Bertz CT molecular complexity index is 1030. The van der Waals surface area contributed by atoms with Crippen LogP contribution in [0.3, 0.4) is 0 Å². The Morgan fingerprint density at radius 2 is 1.81 bits per heavy atom. The van der Waals surface area contributed by atoms with E-state index in [1.807, 2.05) is 12.1 Å². The molecule has 142 valence electrons. The molecule has 0 amide bonds. The minimum Gasteiger partial charge on any atom is -0.371 e. The molecule has 2 N–H and O–H groups in total. The average Bonchev–Trinajstić information content (AvgIpc) is 3.14. The molecule has 2 aromatic carbocycles. The number of H-pyrrole nitrogens is 1. The van der Waals surface area contributed by atoms with Gasteiger partial charge in [-0.2, -0.15) is 5.21 Å². The second-order valence-corrected chi connectivity index (χ2v) is 9.56. The maximum absolute atomic E-state index is 12.7. The zero-order chi connectivity index (χ0) is 19.7. The van der Waals surface area contributed by atoms with E-state index < -0.39 is 9.84 Å². The van der Waals surface area contributed by atoms with Gasteiger partial charge >= 0.3 is 0 Å². The maximum atomic E-state index is 12.7. The van der Waals surface area contributed by atoms with E-state index in [4.69, 9.17) is 11.6 Å². The normalized spacial score (nSPS) is 12.1. The Balaban J connectivity index is 1.82. The largest absolute Gasteiger partial charge is 0.371 e. The number of rotatable bonds is 5. The first-order valence-electron chi connectivity index (χ1n) is 8.27. The smallest absolute Gasteiger partial charge is 0.206 e. The predicted octanol–water partition coefficient (Wildman–Crippen LogP) is 3.66. The number of tetrazole rings is 1. The molecule has 0 saturated heterocycles. The van der Waals surface area contributed by atoms with Crippen LogP contribution in [0.5, 0.6) is 0 Å². The number of nitrogens with zero attached hydrogens (tertiary/aromatic N) is 3. The minimum atomic E-state index is -3.52. The molecular weight excluding hydrogens is 386 g/mol.